The van der Waals surface area contributed by atoms with E-state index in [1.54, 1.807) is 12.2 Å². The van der Waals surface area contributed by atoms with Gasteiger partial charge in [-0.15, -0.1) is 0 Å². The number of unbranched alkanes of at least 4 members (excludes halogenated alkanes) is 22. The molecule has 0 aromatic carbocycles. The van der Waals surface area contributed by atoms with Gasteiger partial charge in [0.2, 0.25) is 0 Å². The van der Waals surface area contributed by atoms with Crippen LogP contribution in [0.2, 0.25) is 0 Å². The van der Waals surface area contributed by atoms with Crippen LogP contribution >= 0.6 is 7.82 Å². The molecule has 11 heteroatoms. The van der Waals surface area contributed by atoms with E-state index in [1.807, 2.05) is 6.08 Å². The summed E-state index contributed by atoms with van der Waals surface area (Å²) in [7, 11) is -4.64. The highest BCUT2D eigenvalue weighted by molar-refractivity contribution is 7.47. The summed E-state index contributed by atoms with van der Waals surface area (Å²) in [5.41, 5.74) is 0. The maximum atomic E-state index is 12.6. The van der Waals surface area contributed by atoms with Crippen molar-refractivity contribution < 1.29 is 47.8 Å². The Kier molecular flexibility index (Phi) is 37.2. The van der Waals surface area contributed by atoms with Crippen molar-refractivity contribution in [3.8, 4) is 0 Å². The molecule has 0 saturated carbocycles. The number of phosphoric ester groups is 1. The molecule has 310 valence electrons. The molecule has 0 radical (unpaired) electrons. The third-order valence-corrected chi connectivity index (χ3v) is 9.82. The van der Waals surface area contributed by atoms with E-state index >= 15 is 0 Å². The lowest BCUT2D eigenvalue weighted by molar-refractivity contribution is -0.159. The molecule has 0 aromatic rings. The summed E-state index contributed by atoms with van der Waals surface area (Å²) in [6.07, 6.45) is 38.9. The van der Waals surface area contributed by atoms with Crippen molar-refractivity contribution in [2.24, 2.45) is 0 Å². The number of aliphatic hydroxyl groups excluding tert-OH is 2. The Morgan fingerprint density at radius 1 is 0.604 bits per heavy atom. The van der Waals surface area contributed by atoms with Gasteiger partial charge in [-0.2, -0.15) is 0 Å². The number of phosphoric acid groups is 1. The summed E-state index contributed by atoms with van der Waals surface area (Å²) in [6.45, 7) is 2.23. The number of carbonyl (C=O) groups is 2. The topological polar surface area (TPSA) is 149 Å². The molecule has 0 aromatic heterocycles. The van der Waals surface area contributed by atoms with Crippen LogP contribution in [-0.2, 0) is 32.7 Å². The van der Waals surface area contributed by atoms with Gasteiger partial charge in [0.15, 0.2) is 6.10 Å². The first kappa shape index (κ1) is 51.2. The zero-order chi connectivity index (χ0) is 39.1. The van der Waals surface area contributed by atoms with Crippen LogP contribution in [0.25, 0.3) is 0 Å². The van der Waals surface area contributed by atoms with E-state index in [1.165, 1.54) is 128 Å². The van der Waals surface area contributed by atoms with Crippen molar-refractivity contribution in [3.63, 3.8) is 0 Å². The van der Waals surface area contributed by atoms with Crippen molar-refractivity contribution in [1.29, 1.82) is 0 Å². The zero-order valence-electron chi connectivity index (χ0n) is 33.5. The molecule has 0 aliphatic carbocycles. The lowest BCUT2D eigenvalue weighted by atomic mass is 10.1. The highest BCUT2D eigenvalue weighted by Gasteiger charge is 2.27. The van der Waals surface area contributed by atoms with Gasteiger partial charge < -0.3 is 24.6 Å². The smallest absolute Gasteiger partial charge is 0.458 e. The summed E-state index contributed by atoms with van der Waals surface area (Å²) in [5, 5.41) is 18.3. The second kappa shape index (κ2) is 38.5. The van der Waals surface area contributed by atoms with Crippen molar-refractivity contribution in [2.75, 3.05) is 26.4 Å². The number of hydrogen-bond donors (Lipinski definition) is 3. The second-order valence-electron chi connectivity index (χ2n) is 14.1. The van der Waals surface area contributed by atoms with Crippen LogP contribution in [0, 0.1) is 0 Å². The number of aliphatic hydroxyl groups is 2. The van der Waals surface area contributed by atoms with Crippen LogP contribution < -0.4 is 0 Å². The molecule has 0 saturated heterocycles. The third-order valence-electron chi connectivity index (χ3n) is 8.87. The molecule has 3 atom stereocenters. The monoisotopic (exact) mass is 773 g/mol. The largest absolute Gasteiger partial charge is 0.472 e. The first-order valence-electron chi connectivity index (χ1n) is 21.0. The average molecular weight is 773 g/mol. The van der Waals surface area contributed by atoms with Crippen LogP contribution in [0.4, 0.5) is 0 Å². The van der Waals surface area contributed by atoms with E-state index in [4.69, 9.17) is 19.1 Å². The van der Waals surface area contributed by atoms with Crippen molar-refractivity contribution in [1.82, 2.24) is 0 Å². The average Bonchev–Trinajstić information content (AvgIpc) is 3.14. The predicted molar refractivity (Wildman–Crippen MR) is 214 cm³/mol. The van der Waals surface area contributed by atoms with Gasteiger partial charge in [0.25, 0.3) is 0 Å². The fourth-order valence-electron chi connectivity index (χ4n) is 5.61. The molecule has 10 nitrogen and oxygen atoms in total. The molecule has 3 N–H and O–H groups in total. The first-order valence-corrected chi connectivity index (χ1v) is 22.5. The van der Waals surface area contributed by atoms with Crippen LogP contribution in [0.1, 0.15) is 181 Å². The van der Waals surface area contributed by atoms with Gasteiger partial charge in [0.1, 0.15) is 12.7 Å². The van der Waals surface area contributed by atoms with Gasteiger partial charge in [-0.3, -0.25) is 13.8 Å². The standard InChI is InChI=1S/C42H77O10P/c1-3-5-7-9-11-13-15-17-19-21-23-25-27-29-31-33-41(45)49-37-40(38-51-53(47,48)50-36-39(44)35-43)52-42(46)34-32-30-28-26-24-22-20-18-16-14-12-10-8-6-4-2/h24,26-27,29,31,33,39-40,43-44H,3-23,25,28,30,32,34-38H2,1-2H3,(H,47,48)/b26-24+,29-27+,33-31+/t39-,40+/m0/s1. The summed E-state index contributed by atoms with van der Waals surface area (Å²) in [5.74, 6) is -1.20. The van der Waals surface area contributed by atoms with E-state index in [-0.39, 0.29) is 6.42 Å². The van der Waals surface area contributed by atoms with Crippen LogP contribution in [-0.4, -0.2) is 65.7 Å². The van der Waals surface area contributed by atoms with Crippen molar-refractivity contribution in [2.45, 2.75) is 193 Å². The van der Waals surface area contributed by atoms with Crippen molar-refractivity contribution in [3.05, 3.63) is 36.5 Å². The maximum absolute atomic E-state index is 12.6. The van der Waals surface area contributed by atoms with E-state index < -0.39 is 58.4 Å². The molecule has 53 heavy (non-hydrogen) atoms. The molecule has 0 rings (SSSR count). The molecule has 1 unspecified atom stereocenters. The molecule has 0 aliphatic rings. The number of ether oxygens (including phenoxy) is 2. The Bertz CT molecular complexity index is 983. The van der Waals surface area contributed by atoms with Gasteiger partial charge in [0.05, 0.1) is 19.8 Å². The minimum Gasteiger partial charge on any atom is -0.458 e. The molecule has 0 heterocycles. The van der Waals surface area contributed by atoms with Crippen molar-refractivity contribution >= 4 is 19.8 Å². The number of allylic oxidation sites excluding steroid dienone is 5. The highest BCUT2D eigenvalue weighted by Crippen LogP contribution is 2.43. The lowest BCUT2D eigenvalue weighted by Crippen LogP contribution is -2.29. The molecule has 0 bridgehead atoms. The molecule has 0 amide bonds. The minimum absolute atomic E-state index is 0.135. The van der Waals surface area contributed by atoms with E-state index in [0.29, 0.717) is 6.42 Å². The van der Waals surface area contributed by atoms with E-state index in [9.17, 15) is 24.2 Å². The normalized spacial score (nSPS) is 14.3. The Morgan fingerprint density at radius 3 is 1.57 bits per heavy atom. The minimum atomic E-state index is -4.64. The van der Waals surface area contributed by atoms with Crippen LogP contribution in [0.3, 0.4) is 0 Å². The SMILES string of the molecule is CCCCCCCCCCC/C=C/CCCCC(=O)O[C@H](COC(=O)/C=C/C=C/CCCCCCCCCCCCC)COP(=O)(O)OC[C@@H](O)CO. The van der Waals surface area contributed by atoms with Crippen LogP contribution in [0.15, 0.2) is 36.5 Å². The maximum Gasteiger partial charge on any atom is 0.472 e. The summed E-state index contributed by atoms with van der Waals surface area (Å²) in [4.78, 5) is 34.8. The molecule has 0 spiro atoms. The van der Waals surface area contributed by atoms with Gasteiger partial charge in [0, 0.05) is 12.5 Å². The Morgan fingerprint density at radius 2 is 1.06 bits per heavy atom. The summed E-state index contributed by atoms with van der Waals surface area (Å²) < 4.78 is 32.4. The van der Waals surface area contributed by atoms with Gasteiger partial charge in [-0.1, -0.05) is 160 Å². The second-order valence-corrected chi connectivity index (χ2v) is 15.5. The van der Waals surface area contributed by atoms with Gasteiger partial charge >= 0.3 is 19.8 Å². The first-order chi connectivity index (χ1) is 25.7. The Labute approximate surface area is 322 Å². The summed E-state index contributed by atoms with van der Waals surface area (Å²) >= 11 is 0. The molecular formula is C42H77O10P. The zero-order valence-corrected chi connectivity index (χ0v) is 34.4. The Hall–Kier alpha value is -1.81. The number of rotatable bonds is 39. The third kappa shape index (κ3) is 38.3. The van der Waals surface area contributed by atoms with Gasteiger partial charge in [-0.05, 0) is 44.9 Å². The Balaban J connectivity index is 4.44. The molecule has 0 fully saturated rings. The fourth-order valence-corrected chi connectivity index (χ4v) is 6.40. The fraction of sp³-hybridized carbons (Fsp3) is 0.810. The number of hydrogen-bond acceptors (Lipinski definition) is 9. The number of carbonyl (C=O) groups excluding carboxylic acids is 2. The summed E-state index contributed by atoms with van der Waals surface area (Å²) in [6, 6.07) is 0. The predicted octanol–water partition coefficient (Wildman–Crippen LogP) is 10.8. The molecular weight excluding hydrogens is 695 g/mol. The molecule has 0 aliphatic heterocycles. The van der Waals surface area contributed by atoms with E-state index in [0.717, 1.165) is 32.1 Å². The number of esters is 2. The van der Waals surface area contributed by atoms with Crippen LogP contribution in [0.5, 0.6) is 0 Å². The quantitative estimate of drug-likeness (QED) is 0.0138. The van der Waals surface area contributed by atoms with E-state index in [2.05, 4.69) is 30.5 Å². The van der Waals surface area contributed by atoms with Gasteiger partial charge in [-0.25, -0.2) is 9.36 Å². The lowest BCUT2D eigenvalue weighted by Gasteiger charge is -2.20. The highest BCUT2D eigenvalue weighted by atomic mass is 31.2.